The summed E-state index contributed by atoms with van der Waals surface area (Å²) in [4.78, 5) is 0. The van der Waals surface area contributed by atoms with Crippen LogP contribution in [-0.2, 0) is 19.4 Å². The normalized spacial score (nSPS) is 20.0. The number of hydrogen-bond acceptors (Lipinski definition) is 5. The Morgan fingerprint density at radius 3 is 2.04 bits per heavy atom. The van der Waals surface area contributed by atoms with Crippen LogP contribution in [0.15, 0.2) is 16.6 Å². The minimum Gasteiger partial charge on any atom is -0.399 e. The molecule has 1 aromatic rings. The summed E-state index contributed by atoms with van der Waals surface area (Å²) in [6, 6.07) is 2.91. The lowest BCUT2D eigenvalue weighted by Crippen LogP contribution is -2.41. The summed E-state index contributed by atoms with van der Waals surface area (Å²) >= 11 is 3.05. The van der Waals surface area contributed by atoms with E-state index in [1.165, 1.54) is 12.1 Å². The lowest BCUT2D eigenvalue weighted by molar-refractivity contribution is -0.0500. The van der Waals surface area contributed by atoms with E-state index < -0.39 is 39.7 Å². The Bertz CT molecular complexity index is 776. The minimum atomic E-state index is -5.84. The summed E-state index contributed by atoms with van der Waals surface area (Å²) < 4.78 is 77.0. The maximum Gasteiger partial charge on any atom is 0.534 e. The smallest absolute Gasteiger partial charge is 0.399 e. The van der Waals surface area contributed by atoms with E-state index in [1.54, 1.807) is 34.6 Å². The zero-order valence-electron chi connectivity index (χ0n) is 14.2. The van der Waals surface area contributed by atoms with Crippen LogP contribution in [0.25, 0.3) is 0 Å². The Balaban J connectivity index is 2.54. The van der Waals surface area contributed by atoms with E-state index in [1.807, 2.05) is 0 Å². The van der Waals surface area contributed by atoms with Crippen molar-refractivity contribution in [3.8, 4) is 5.75 Å². The van der Waals surface area contributed by atoms with E-state index in [2.05, 4.69) is 20.1 Å². The van der Waals surface area contributed by atoms with Gasteiger partial charge < -0.3 is 13.5 Å². The Morgan fingerprint density at radius 2 is 1.60 bits per heavy atom. The molecule has 0 unspecified atom stereocenters. The summed E-state index contributed by atoms with van der Waals surface area (Å²) in [6.07, 6.45) is 0. The lowest BCUT2D eigenvalue weighted by atomic mass is 9.77. The highest BCUT2D eigenvalue weighted by atomic mass is 79.9. The molecule has 0 saturated carbocycles. The number of rotatable bonds is 3. The van der Waals surface area contributed by atoms with Crippen LogP contribution in [0.3, 0.4) is 0 Å². The molecule has 1 aromatic carbocycles. The first-order chi connectivity index (χ1) is 11.1. The average molecular weight is 445 g/mol. The van der Waals surface area contributed by atoms with Crippen molar-refractivity contribution in [3.63, 3.8) is 0 Å². The molecule has 0 radical (unpaired) electrons. The third kappa shape index (κ3) is 3.84. The van der Waals surface area contributed by atoms with Crippen LogP contribution in [0.1, 0.15) is 33.3 Å². The van der Waals surface area contributed by atoms with Crippen molar-refractivity contribution in [2.75, 3.05) is 0 Å². The third-order valence-corrected chi connectivity index (χ3v) is 5.74. The highest BCUT2D eigenvalue weighted by Crippen LogP contribution is 2.39. The molecule has 0 N–H and O–H groups in total. The summed E-state index contributed by atoms with van der Waals surface area (Å²) in [5, 5.41) is 0. The zero-order valence-corrected chi connectivity index (χ0v) is 16.6. The monoisotopic (exact) mass is 444 g/mol. The van der Waals surface area contributed by atoms with E-state index in [4.69, 9.17) is 9.31 Å². The fraction of sp³-hybridized carbons (Fsp3) is 0.571. The van der Waals surface area contributed by atoms with Crippen molar-refractivity contribution >= 4 is 38.6 Å². The second-order valence-electron chi connectivity index (χ2n) is 6.74. The van der Waals surface area contributed by atoms with Gasteiger partial charge in [-0.1, -0.05) is 11.6 Å². The van der Waals surface area contributed by atoms with Gasteiger partial charge >= 0.3 is 22.7 Å². The molecule has 0 amide bonds. The molecule has 1 heterocycles. The van der Waals surface area contributed by atoms with Gasteiger partial charge in [-0.3, -0.25) is 0 Å². The van der Waals surface area contributed by atoms with Gasteiger partial charge in [0.05, 0.1) is 15.7 Å². The first kappa shape index (κ1) is 20.5. The molecule has 0 spiro atoms. The quantitative estimate of drug-likeness (QED) is 0.406. The predicted molar refractivity (Wildman–Crippen MR) is 90.2 cm³/mol. The SMILES string of the molecule is Cc1cc(Br)c(OS(=O)(=O)C(F)(F)F)c(B2OC(C)(C)C(C)(C)O2)c1. The number of hydrogen-bond donors (Lipinski definition) is 0. The molecule has 1 aliphatic heterocycles. The molecule has 1 saturated heterocycles. The number of alkyl halides is 3. The van der Waals surface area contributed by atoms with Crippen LogP contribution in [0.4, 0.5) is 13.2 Å². The van der Waals surface area contributed by atoms with Gasteiger partial charge in [0.2, 0.25) is 0 Å². The molecule has 0 aromatic heterocycles. The Kier molecular flexibility index (Phi) is 5.04. The molecule has 0 aliphatic carbocycles. The number of benzene rings is 1. The van der Waals surface area contributed by atoms with Gasteiger partial charge in [0.1, 0.15) is 0 Å². The number of aryl methyl sites for hydroxylation is 1. The van der Waals surface area contributed by atoms with E-state index >= 15 is 0 Å². The van der Waals surface area contributed by atoms with Crippen molar-refractivity contribution in [2.45, 2.75) is 51.3 Å². The van der Waals surface area contributed by atoms with Crippen LogP contribution in [0, 0.1) is 6.92 Å². The van der Waals surface area contributed by atoms with Gasteiger partial charge in [0.25, 0.3) is 0 Å². The molecule has 25 heavy (non-hydrogen) atoms. The average Bonchev–Trinajstić information content (AvgIpc) is 2.60. The van der Waals surface area contributed by atoms with Gasteiger partial charge in [-0.25, -0.2) is 0 Å². The van der Waals surface area contributed by atoms with Gasteiger partial charge in [-0.05, 0) is 56.6 Å². The van der Waals surface area contributed by atoms with Crippen molar-refractivity contribution in [3.05, 3.63) is 22.2 Å². The molecule has 0 atom stereocenters. The van der Waals surface area contributed by atoms with Crippen molar-refractivity contribution < 1.29 is 35.1 Å². The van der Waals surface area contributed by atoms with Crippen LogP contribution < -0.4 is 9.65 Å². The van der Waals surface area contributed by atoms with Crippen molar-refractivity contribution in [1.29, 1.82) is 0 Å². The third-order valence-electron chi connectivity index (χ3n) is 4.20. The molecule has 1 fully saturated rings. The molecule has 0 bridgehead atoms. The first-order valence-electron chi connectivity index (χ1n) is 7.24. The fourth-order valence-electron chi connectivity index (χ4n) is 2.15. The second kappa shape index (κ2) is 6.14. The maximum absolute atomic E-state index is 12.7. The summed E-state index contributed by atoms with van der Waals surface area (Å²) in [7, 11) is -6.92. The van der Waals surface area contributed by atoms with Gasteiger partial charge in [0.15, 0.2) is 5.75 Å². The Hall–Kier alpha value is -0.775. The van der Waals surface area contributed by atoms with Crippen LogP contribution in [-0.4, -0.2) is 32.2 Å². The van der Waals surface area contributed by atoms with E-state index in [9.17, 15) is 21.6 Å². The van der Waals surface area contributed by atoms with Gasteiger partial charge in [0, 0.05) is 5.46 Å². The molecule has 140 valence electrons. The predicted octanol–water partition coefficient (Wildman–Crippen LogP) is 3.29. The van der Waals surface area contributed by atoms with Gasteiger partial charge in [-0.15, -0.1) is 0 Å². The highest BCUT2D eigenvalue weighted by molar-refractivity contribution is 9.10. The summed E-state index contributed by atoms with van der Waals surface area (Å²) in [5.74, 6) is -0.513. The van der Waals surface area contributed by atoms with Gasteiger partial charge in [-0.2, -0.15) is 21.6 Å². The molecule has 5 nitrogen and oxygen atoms in total. The van der Waals surface area contributed by atoms with Crippen molar-refractivity contribution in [1.82, 2.24) is 0 Å². The highest BCUT2D eigenvalue weighted by Gasteiger charge is 2.54. The second-order valence-corrected chi connectivity index (χ2v) is 9.13. The standard InChI is InChI=1S/C14H17BBrF3O5S/c1-8-6-9(15-23-12(2,3)13(4,5)24-15)11(10(16)7-8)22-25(20,21)14(17,18)19/h6-7H,1-5H3. The molecule has 2 rings (SSSR count). The number of halogens is 4. The van der Waals surface area contributed by atoms with E-state index in [0.29, 0.717) is 5.56 Å². The summed E-state index contributed by atoms with van der Waals surface area (Å²) in [5.41, 5.74) is -6.35. The molecular weight excluding hydrogens is 428 g/mol. The van der Waals surface area contributed by atoms with Crippen LogP contribution in [0.5, 0.6) is 5.75 Å². The zero-order chi connectivity index (χ0) is 19.4. The van der Waals surface area contributed by atoms with Crippen LogP contribution in [0.2, 0.25) is 0 Å². The summed E-state index contributed by atoms with van der Waals surface area (Å²) in [6.45, 7) is 8.77. The Labute approximate surface area is 153 Å². The molecule has 1 aliphatic rings. The first-order valence-corrected chi connectivity index (χ1v) is 9.44. The largest absolute Gasteiger partial charge is 0.534 e. The topological polar surface area (TPSA) is 61.8 Å². The fourth-order valence-corrected chi connectivity index (χ4v) is 3.42. The Morgan fingerprint density at radius 1 is 1.12 bits per heavy atom. The molecule has 11 heteroatoms. The van der Waals surface area contributed by atoms with Crippen LogP contribution >= 0.6 is 15.9 Å². The lowest BCUT2D eigenvalue weighted by Gasteiger charge is -2.32. The van der Waals surface area contributed by atoms with E-state index in [-0.39, 0.29) is 9.94 Å². The maximum atomic E-state index is 12.7. The van der Waals surface area contributed by atoms with Crippen molar-refractivity contribution in [2.24, 2.45) is 0 Å². The minimum absolute atomic E-state index is 0.0463. The van der Waals surface area contributed by atoms with E-state index in [0.717, 1.165) is 0 Å². The molecular formula is C14H17BBrF3O5S.